The molecule has 0 aliphatic heterocycles. The van der Waals surface area contributed by atoms with Gasteiger partial charge in [-0.25, -0.2) is 4.68 Å². The summed E-state index contributed by atoms with van der Waals surface area (Å²) in [4.78, 5) is 0. The van der Waals surface area contributed by atoms with Crippen LogP contribution in [-0.4, -0.2) is 27.1 Å². The number of thioether (sulfide) groups is 1. The number of benzene rings is 1. The van der Waals surface area contributed by atoms with Crippen molar-refractivity contribution >= 4 is 11.8 Å². The standard InChI is InChI=1S/C17H18N4OS/c1-12-10-13(2)21(20-12)16-8-9-17(19-18-16)23-11-14-6-4-5-7-15(14)22-3/h4-10H,11H2,1-3H3. The van der Waals surface area contributed by atoms with Gasteiger partial charge in [-0.3, -0.25) is 0 Å². The van der Waals surface area contributed by atoms with Crippen LogP contribution in [0.4, 0.5) is 0 Å². The van der Waals surface area contributed by atoms with Crippen molar-refractivity contribution in [2.75, 3.05) is 7.11 Å². The summed E-state index contributed by atoms with van der Waals surface area (Å²) in [5.74, 6) is 2.42. The average Bonchev–Trinajstić information content (AvgIpc) is 2.92. The number of hydrogen-bond acceptors (Lipinski definition) is 5. The second-order valence-electron chi connectivity index (χ2n) is 5.17. The van der Waals surface area contributed by atoms with Gasteiger partial charge >= 0.3 is 0 Å². The van der Waals surface area contributed by atoms with Gasteiger partial charge in [0, 0.05) is 17.0 Å². The molecule has 0 N–H and O–H groups in total. The lowest BCUT2D eigenvalue weighted by atomic mass is 10.2. The molecule has 0 saturated heterocycles. The van der Waals surface area contributed by atoms with Crippen LogP contribution in [0.2, 0.25) is 0 Å². The van der Waals surface area contributed by atoms with E-state index < -0.39 is 0 Å². The normalized spacial score (nSPS) is 10.7. The molecule has 0 spiro atoms. The van der Waals surface area contributed by atoms with Gasteiger partial charge in [0.25, 0.3) is 0 Å². The van der Waals surface area contributed by atoms with E-state index in [-0.39, 0.29) is 0 Å². The number of aryl methyl sites for hydroxylation is 2. The molecule has 2 aromatic heterocycles. The maximum atomic E-state index is 5.37. The molecule has 23 heavy (non-hydrogen) atoms. The minimum atomic E-state index is 0.734. The molecule has 1 aromatic carbocycles. The van der Waals surface area contributed by atoms with Crippen molar-refractivity contribution in [3.05, 3.63) is 59.4 Å². The zero-order valence-corrected chi connectivity index (χ0v) is 14.2. The fourth-order valence-electron chi connectivity index (χ4n) is 2.34. The molecule has 118 valence electrons. The summed E-state index contributed by atoms with van der Waals surface area (Å²) < 4.78 is 7.17. The van der Waals surface area contributed by atoms with E-state index in [1.54, 1.807) is 23.6 Å². The van der Waals surface area contributed by atoms with E-state index in [0.29, 0.717) is 0 Å². The van der Waals surface area contributed by atoms with Gasteiger partial charge in [0.15, 0.2) is 5.82 Å². The van der Waals surface area contributed by atoms with Crippen LogP contribution in [0.3, 0.4) is 0 Å². The number of ether oxygens (including phenoxy) is 1. The molecule has 3 rings (SSSR count). The molecule has 5 nitrogen and oxygen atoms in total. The summed E-state index contributed by atoms with van der Waals surface area (Å²) in [7, 11) is 1.69. The molecule has 0 bridgehead atoms. The summed E-state index contributed by atoms with van der Waals surface area (Å²) in [5.41, 5.74) is 3.16. The Morgan fingerprint density at radius 2 is 1.91 bits per heavy atom. The first kappa shape index (κ1) is 15.6. The third-order valence-electron chi connectivity index (χ3n) is 3.42. The van der Waals surface area contributed by atoms with E-state index in [9.17, 15) is 0 Å². The third kappa shape index (κ3) is 3.53. The molecular formula is C17H18N4OS. The Morgan fingerprint density at radius 3 is 2.57 bits per heavy atom. The van der Waals surface area contributed by atoms with Crippen LogP contribution >= 0.6 is 11.8 Å². The molecule has 0 fully saturated rings. The van der Waals surface area contributed by atoms with Crippen molar-refractivity contribution < 1.29 is 4.74 Å². The lowest BCUT2D eigenvalue weighted by Crippen LogP contribution is -2.03. The number of hydrogen-bond donors (Lipinski definition) is 0. The van der Waals surface area contributed by atoms with E-state index in [1.807, 2.05) is 50.2 Å². The van der Waals surface area contributed by atoms with E-state index in [0.717, 1.165) is 39.3 Å². The highest BCUT2D eigenvalue weighted by Crippen LogP contribution is 2.26. The molecule has 6 heteroatoms. The van der Waals surface area contributed by atoms with Crippen LogP contribution in [0.5, 0.6) is 5.75 Å². The van der Waals surface area contributed by atoms with Crippen molar-refractivity contribution in [2.24, 2.45) is 0 Å². The monoisotopic (exact) mass is 326 g/mol. The second-order valence-corrected chi connectivity index (χ2v) is 6.16. The predicted octanol–water partition coefficient (Wildman–Crippen LogP) is 3.58. The zero-order valence-electron chi connectivity index (χ0n) is 13.4. The van der Waals surface area contributed by atoms with Gasteiger partial charge in [-0.2, -0.15) is 5.10 Å². The van der Waals surface area contributed by atoms with Gasteiger partial charge in [-0.15, -0.1) is 10.2 Å². The molecule has 0 saturated carbocycles. The molecule has 0 radical (unpaired) electrons. The molecule has 0 unspecified atom stereocenters. The van der Waals surface area contributed by atoms with Crippen molar-refractivity contribution in [3.63, 3.8) is 0 Å². The Hall–Kier alpha value is -2.34. The van der Waals surface area contributed by atoms with Crippen LogP contribution < -0.4 is 4.74 Å². The Kier molecular flexibility index (Phi) is 4.62. The van der Waals surface area contributed by atoms with Gasteiger partial charge in [0.2, 0.25) is 0 Å². The van der Waals surface area contributed by atoms with E-state index in [2.05, 4.69) is 21.4 Å². The van der Waals surface area contributed by atoms with Gasteiger partial charge in [0.05, 0.1) is 12.8 Å². The third-order valence-corrected chi connectivity index (χ3v) is 4.39. The average molecular weight is 326 g/mol. The predicted molar refractivity (Wildman–Crippen MR) is 91.2 cm³/mol. The molecular weight excluding hydrogens is 308 g/mol. The van der Waals surface area contributed by atoms with Gasteiger partial charge in [-0.1, -0.05) is 30.0 Å². The highest BCUT2D eigenvalue weighted by atomic mass is 32.2. The number of aromatic nitrogens is 4. The van der Waals surface area contributed by atoms with E-state index in [4.69, 9.17) is 4.74 Å². The highest BCUT2D eigenvalue weighted by molar-refractivity contribution is 7.98. The van der Waals surface area contributed by atoms with Gasteiger partial charge in [0.1, 0.15) is 10.8 Å². The van der Waals surface area contributed by atoms with Crippen LogP contribution in [0.15, 0.2) is 47.5 Å². The van der Waals surface area contributed by atoms with Crippen molar-refractivity contribution in [1.82, 2.24) is 20.0 Å². The van der Waals surface area contributed by atoms with Gasteiger partial charge < -0.3 is 4.74 Å². The quantitative estimate of drug-likeness (QED) is 0.671. The van der Waals surface area contributed by atoms with Crippen LogP contribution in [-0.2, 0) is 5.75 Å². The molecule has 2 heterocycles. The van der Waals surface area contributed by atoms with Gasteiger partial charge in [-0.05, 0) is 38.1 Å². The Bertz CT molecular complexity index is 799. The molecule has 0 aliphatic rings. The minimum absolute atomic E-state index is 0.734. The maximum Gasteiger partial charge on any atom is 0.175 e. The maximum absolute atomic E-state index is 5.37. The minimum Gasteiger partial charge on any atom is -0.496 e. The summed E-state index contributed by atoms with van der Waals surface area (Å²) in [6.45, 7) is 3.97. The number of methoxy groups -OCH3 is 1. The molecule has 0 atom stereocenters. The van der Waals surface area contributed by atoms with E-state index >= 15 is 0 Å². The number of rotatable bonds is 5. The van der Waals surface area contributed by atoms with Crippen LogP contribution in [0.1, 0.15) is 17.0 Å². The highest BCUT2D eigenvalue weighted by Gasteiger charge is 2.07. The summed E-state index contributed by atoms with van der Waals surface area (Å²) >= 11 is 1.63. The first-order valence-corrected chi connectivity index (χ1v) is 8.28. The van der Waals surface area contributed by atoms with Crippen molar-refractivity contribution in [1.29, 1.82) is 0 Å². The smallest absolute Gasteiger partial charge is 0.175 e. The largest absolute Gasteiger partial charge is 0.496 e. The Morgan fingerprint density at radius 1 is 1.09 bits per heavy atom. The SMILES string of the molecule is COc1ccccc1CSc1ccc(-n2nc(C)cc2C)nn1. The Balaban J connectivity index is 1.72. The molecule has 0 amide bonds. The zero-order chi connectivity index (χ0) is 16.2. The van der Waals surface area contributed by atoms with Crippen LogP contribution in [0.25, 0.3) is 5.82 Å². The summed E-state index contributed by atoms with van der Waals surface area (Å²) in [6, 6.07) is 13.9. The fourth-order valence-corrected chi connectivity index (χ4v) is 3.14. The lowest BCUT2D eigenvalue weighted by molar-refractivity contribution is 0.411. The first-order valence-electron chi connectivity index (χ1n) is 7.29. The second kappa shape index (κ2) is 6.83. The molecule has 3 aromatic rings. The van der Waals surface area contributed by atoms with Crippen molar-refractivity contribution in [2.45, 2.75) is 24.6 Å². The lowest BCUT2D eigenvalue weighted by Gasteiger charge is -2.07. The van der Waals surface area contributed by atoms with E-state index in [1.165, 1.54) is 0 Å². The topological polar surface area (TPSA) is 52.8 Å². The Labute approximate surface area is 139 Å². The summed E-state index contributed by atoms with van der Waals surface area (Å²) in [5, 5.41) is 13.9. The molecule has 0 aliphatic carbocycles. The first-order chi connectivity index (χ1) is 11.2. The summed E-state index contributed by atoms with van der Waals surface area (Å²) in [6.07, 6.45) is 0. The number of para-hydroxylation sites is 1. The number of nitrogens with zero attached hydrogens (tertiary/aromatic N) is 4. The van der Waals surface area contributed by atoms with Crippen molar-refractivity contribution in [3.8, 4) is 11.6 Å². The fraction of sp³-hybridized carbons (Fsp3) is 0.235. The van der Waals surface area contributed by atoms with Crippen LogP contribution in [0, 0.1) is 13.8 Å².